The number of fused-ring (bicyclic) bond motifs is 1. The summed E-state index contributed by atoms with van der Waals surface area (Å²) in [6.45, 7) is 0. The number of nitrogens with zero attached hydrogens (tertiary/aromatic N) is 1. The van der Waals surface area contributed by atoms with Crippen molar-refractivity contribution < 1.29 is 19.1 Å². The maximum atomic E-state index is 11.2. The second kappa shape index (κ2) is 2.45. The van der Waals surface area contributed by atoms with E-state index in [1.165, 1.54) is 12.0 Å². The summed E-state index contributed by atoms with van der Waals surface area (Å²) in [6, 6.07) is -1.07. The molecule has 0 unspecified atom stereocenters. The minimum Gasteiger partial charge on any atom is -0.467 e. The number of hydrogen-bond donors (Lipinski definition) is 1. The third-order valence-electron chi connectivity index (χ3n) is 2.25. The Morgan fingerprint density at radius 3 is 2.85 bits per heavy atom. The fourth-order valence-corrected chi connectivity index (χ4v) is 1.58. The topological polar surface area (TPSA) is 75.7 Å². The SMILES string of the molecule is COC(=O)[C@H]1C(=O)N[C@@H]2CC(=O)N12. The van der Waals surface area contributed by atoms with Gasteiger partial charge in [-0.2, -0.15) is 0 Å². The van der Waals surface area contributed by atoms with Crippen LogP contribution in [0.1, 0.15) is 6.42 Å². The highest BCUT2D eigenvalue weighted by molar-refractivity contribution is 6.09. The number of β-lactam (4-membered cyclic amide) rings is 1. The molecule has 0 aromatic rings. The van der Waals surface area contributed by atoms with Crippen LogP contribution in [-0.4, -0.2) is 42.0 Å². The summed E-state index contributed by atoms with van der Waals surface area (Å²) >= 11 is 0. The van der Waals surface area contributed by atoms with Crippen molar-refractivity contribution in [1.82, 2.24) is 10.2 Å². The van der Waals surface area contributed by atoms with Crippen molar-refractivity contribution in [1.29, 1.82) is 0 Å². The molecule has 13 heavy (non-hydrogen) atoms. The molecule has 0 aliphatic carbocycles. The van der Waals surface area contributed by atoms with Gasteiger partial charge in [-0.3, -0.25) is 14.5 Å². The second-order valence-corrected chi connectivity index (χ2v) is 2.96. The standard InChI is InChI=1S/C7H8N2O4/c1-13-7(12)5-6(11)8-3-2-4(10)9(3)5/h3,5H,2H2,1H3,(H,8,11)/t3-,5+/m0/s1. The van der Waals surface area contributed by atoms with Crippen LogP contribution in [0.4, 0.5) is 0 Å². The number of carbonyl (C=O) groups excluding carboxylic acids is 3. The van der Waals surface area contributed by atoms with Crippen LogP contribution >= 0.6 is 0 Å². The van der Waals surface area contributed by atoms with Crippen molar-refractivity contribution in [3.05, 3.63) is 0 Å². The Bertz CT molecular complexity index is 293. The molecule has 2 rings (SSSR count). The highest BCUT2D eigenvalue weighted by atomic mass is 16.5. The molecule has 70 valence electrons. The average Bonchev–Trinajstić information content (AvgIpc) is 2.36. The van der Waals surface area contributed by atoms with Crippen LogP contribution in [0.5, 0.6) is 0 Å². The lowest BCUT2D eigenvalue weighted by Gasteiger charge is -2.34. The summed E-state index contributed by atoms with van der Waals surface area (Å²) in [5.74, 6) is -1.34. The summed E-state index contributed by atoms with van der Waals surface area (Å²) in [5.41, 5.74) is 0. The van der Waals surface area contributed by atoms with Gasteiger partial charge in [0.05, 0.1) is 13.5 Å². The molecule has 2 aliphatic rings. The molecule has 0 bridgehead atoms. The van der Waals surface area contributed by atoms with Crippen LogP contribution in [0.25, 0.3) is 0 Å². The van der Waals surface area contributed by atoms with E-state index in [9.17, 15) is 14.4 Å². The molecular weight excluding hydrogens is 176 g/mol. The Hall–Kier alpha value is -1.59. The quantitative estimate of drug-likeness (QED) is 0.297. The third kappa shape index (κ3) is 0.912. The second-order valence-electron chi connectivity index (χ2n) is 2.96. The van der Waals surface area contributed by atoms with E-state index in [1.54, 1.807) is 0 Å². The Kier molecular flexibility index (Phi) is 1.51. The lowest BCUT2D eigenvalue weighted by Crippen LogP contribution is -2.57. The molecule has 0 radical (unpaired) electrons. The van der Waals surface area contributed by atoms with Gasteiger partial charge in [0.25, 0.3) is 5.91 Å². The first-order valence-corrected chi connectivity index (χ1v) is 3.84. The van der Waals surface area contributed by atoms with E-state index < -0.39 is 17.9 Å². The third-order valence-corrected chi connectivity index (χ3v) is 2.25. The number of carbonyl (C=O) groups is 3. The molecule has 0 saturated carbocycles. The largest absolute Gasteiger partial charge is 0.467 e. The molecule has 0 aromatic carbocycles. The number of esters is 1. The van der Waals surface area contributed by atoms with Gasteiger partial charge in [0, 0.05) is 0 Å². The lowest BCUT2D eigenvalue weighted by molar-refractivity contribution is -0.160. The van der Waals surface area contributed by atoms with E-state index >= 15 is 0 Å². The van der Waals surface area contributed by atoms with Crippen molar-refractivity contribution in [3.8, 4) is 0 Å². The number of nitrogens with one attached hydrogen (secondary N) is 1. The maximum absolute atomic E-state index is 11.2. The van der Waals surface area contributed by atoms with Gasteiger partial charge in [-0.05, 0) is 0 Å². The number of rotatable bonds is 1. The van der Waals surface area contributed by atoms with Crippen molar-refractivity contribution in [3.63, 3.8) is 0 Å². The van der Waals surface area contributed by atoms with Crippen molar-refractivity contribution >= 4 is 17.8 Å². The Morgan fingerprint density at radius 2 is 2.31 bits per heavy atom. The van der Waals surface area contributed by atoms with Gasteiger partial charge in [0.1, 0.15) is 6.17 Å². The van der Waals surface area contributed by atoms with Gasteiger partial charge in [0.15, 0.2) is 0 Å². The molecule has 1 N–H and O–H groups in total. The zero-order chi connectivity index (χ0) is 9.59. The minimum atomic E-state index is -1.07. The molecule has 6 heteroatoms. The van der Waals surface area contributed by atoms with Gasteiger partial charge >= 0.3 is 5.97 Å². The molecule has 2 saturated heterocycles. The van der Waals surface area contributed by atoms with Gasteiger partial charge in [-0.1, -0.05) is 0 Å². The lowest BCUT2D eigenvalue weighted by atomic mass is 10.1. The normalized spacial score (nSPS) is 30.7. The van der Waals surface area contributed by atoms with Crippen LogP contribution in [0, 0.1) is 0 Å². The van der Waals surface area contributed by atoms with Crippen LogP contribution in [0.3, 0.4) is 0 Å². The molecule has 6 nitrogen and oxygen atoms in total. The smallest absolute Gasteiger partial charge is 0.338 e. The summed E-state index contributed by atoms with van der Waals surface area (Å²) in [4.78, 5) is 34.5. The fourth-order valence-electron chi connectivity index (χ4n) is 1.58. The highest BCUT2D eigenvalue weighted by Crippen LogP contribution is 2.26. The van der Waals surface area contributed by atoms with E-state index in [1.807, 2.05) is 0 Å². The first kappa shape index (κ1) is 8.03. The zero-order valence-corrected chi connectivity index (χ0v) is 6.94. The Morgan fingerprint density at radius 1 is 1.62 bits per heavy atom. The first-order chi connectivity index (χ1) is 6.15. The Balaban J connectivity index is 2.21. The van der Waals surface area contributed by atoms with Crippen molar-refractivity contribution in [2.45, 2.75) is 18.6 Å². The summed E-state index contributed by atoms with van der Waals surface area (Å²) in [5, 5.41) is 2.51. The van der Waals surface area contributed by atoms with Crippen molar-refractivity contribution in [2.75, 3.05) is 7.11 Å². The maximum Gasteiger partial charge on any atom is 0.338 e. The van der Waals surface area contributed by atoms with E-state index in [4.69, 9.17) is 0 Å². The molecule has 0 spiro atoms. The van der Waals surface area contributed by atoms with Gasteiger partial charge in [-0.25, -0.2) is 4.79 Å². The Labute approximate surface area is 73.8 Å². The summed E-state index contributed by atoms with van der Waals surface area (Å²) in [6.07, 6.45) is -0.0247. The molecule has 2 aliphatic heterocycles. The predicted molar refractivity (Wildman–Crippen MR) is 39.2 cm³/mol. The van der Waals surface area contributed by atoms with Crippen LogP contribution in [0.2, 0.25) is 0 Å². The van der Waals surface area contributed by atoms with Crippen LogP contribution < -0.4 is 5.32 Å². The highest BCUT2D eigenvalue weighted by Gasteiger charge is 2.54. The number of ether oxygens (including phenoxy) is 1. The van der Waals surface area contributed by atoms with Crippen LogP contribution in [-0.2, 0) is 19.1 Å². The van der Waals surface area contributed by atoms with E-state index in [-0.39, 0.29) is 18.5 Å². The molecule has 0 aromatic heterocycles. The van der Waals surface area contributed by atoms with Gasteiger partial charge in [-0.15, -0.1) is 0 Å². The zero-order valence-electron chi connectivity index (χ0n) is 6.94. The number of methoxy groups -OCH3 is 1. The van der Waals surface area contributed by atoms with Gasteiger partial charge < -0.3 is 10.1 Å². The van der Waals surface area contributed by atoms with E-state index in [0.717, 1.165) is 0 Å². The number of hydrogen-bond acceptors (Lipinski definition) is 4. The average molecular weight is 184 g/mol. The molecule has 2 fully saturated rings. The van der Waals surface area contributed by atoms with Crippen molar-refractivity contribution in [2.24, 2.45) is 0 Å². The molecule has 2 amide bonds. The van der Waals surface area contributed by atoms with E-state index in [0.29, 0.717) is 0 Å². The summed E-state index contributed by atoms with van der Waals surface area (Å²) in [7, 11) is 1.19. The fraction of sp³-hybridized carbons (Fsp3) is 0.571. The summed E-state index contributed by atoms with van der Waals surface area (Å²) < 4.78 is 4.41. The molecule has 2 atom stereocenters. The van der Waals surface area contributed by atoms with Gasteiger partial charge in [0.2, 0.25) is 11.9 Å². The minimum absolute atomic E-state index is 0.196. The first-order valence-electron chi connectivity index (χ1n) is 3.84. The monoisotopic (exact) mass is 184 g/mol. The predicted octanol–water partition coefficient (Wildman–Crippen LogP) is -1.78. The number of amides is 2. The molecule has 2 heterocycles. The van der Waals surface area contributed by atoms with E-state index in [2.05, 4.69) is 10.1 Å². The molecular formula is C7H8N2O4. The van der Waals surface area contributed by atoms with Crippen LogP contribution in [0.15, 0.2) is 0 Å².